The van der Waals surface area contributed by atoms with Gasteiger partial charge in [0.2, 0.25) is 0 Å². The summed E-state index contributed by atoms with van der Waals surface area (Å²) in [6.45, 7) is 2.43. The monoisotopic (exact) mass is 568 g/mol. The van der Waals surface area contributed by atoms with Gasteiger partial charge in [-0.2, -0.15) is 0 Å². The number of ketones is 1. The van der Waals surface area contributed by atoms with Crippen LogP contribution >= 0.6 is 15.9 Å². The second-order valence-electron chi connectivity index (χ2n) is 9.09. The first-order valence-corrected chi connectivity index (χ1v) is 12.9. The van der Waals surface area contributed by atoms with Crippen LogP contribution < -0.4 is 4.74 Å². The highest BCUT2D eigenvalue weighted by molar-refractivity contribution is 9.10. The second kappa shape index (κ2) is 11.0. The molecule has 7 heteroatoms. The first kappa shape index (κ1) is 25.4. The van der Waals surface area contributed by atoms with Crippen LogP contribution in [0, 0.1) is 6.92 Å². The van der Waals surface area contributed by atoms with Crippen molar-refractivity contribution < 1.29 is 19.4 Å². The number of likely N-dealkylation sites (tertiary alicyclic amines) is 1. The Kier molecular flexibility index (Phi) is 7.38. The van der Waals surface area contributed by atoms with Crippen molar-refractivity contribution in [2.75, 3.05) is 0 Å². The minimum atomic E-state index is -0.763. The van der Waals surface area contributed by atoms with Crippen molar-refractivity contribution >= 4 is 33.4 Å². The Labute approximate surface area is 229 Å². The maximum Gasteiger partial charge on any atom is 0.295 e. The van der Waals surface area contributed by atoms with E-state index in [9.17, 15) is 14.7 Å². The molecule has 1 aliphatic heterocycles. The molecule has 6 nitrogen and oxygen atoms in total. The van der Waals surface area contributed by atoms with Gasteiger partial charge in [0.15, 0.2) is 0 Å². The van der Waals surface area contributed by atoms with Crippen molar-refractivity contribution in [1.82, 2.24) is 9.88 Å². The minimum Gasteiger partial charge on any atom is -0.507 e. The molecule has 1 amide bonds. The van der Waals surface area contributed by atoms with E-state index in [1.54, 1.807) is 30.6 Å². The number of amides is 1. The summed E-state index contributed by atoms with van der Waals surface area (Å²) in [4.78, 5) is 32.2. The number of carbonyl (C=O) groups is 2. The number of hydrogen-bond donors (Lipinski definition) is 1. The van der Waals surface area contributed by atoms with E-state index >= 15 is 0 Å². The smallest absolute Gasteiger partial charge is 0.295 e. The van der Waals surface area contributed by atoms with Gasteiger partial charge in [-0.15, -0.1) is 0 Å². The number of hydrogen-bond acceptors (Lipinski definition) is 5. The molecule has 2 heterocycles. The van der Waals surface area contributed by atoms with Gasteiger partial charge in [-0.05, 0) is 65.6 Å². The van der Waals surface area contributed by atoms with Gasteiger partial charge in [0.05, 0.1) is 11.6 Å². The van der Waals surface area contributed by atoms with Crippen molar-refractivity contribution in [3.8, 4) is 5.75 Å². The molecule has 38 heavy (non-hydrogen) atoms. The van der Waals surface area contributed by atoms with Crippen LogP contribution in [0.25, 0.3) is 5.76 Å². The molecular weight excluding hydrogens is 544 g/mol. The first-order chi connectivity index (χ1) is 18.4. The van der Waals surface area contributed by atoms with E-state index in [4.69, 9.17) is 4.74 Å². The highest BCUT2D eigenvalue weighted by atomic mass is 79.9. The van der Waals surface area contributed by atoms with E-state index in [0.29, 0.717) is 23.5 Å². The van der Waals surface area contributed by atoms with Gasteiger partial charge in [-0.3, -0.25) is 14.6 Å². The summed E-state index contributed by atoms with van der Waals surface area (Å²) in [5.74, 6) is -0.960. The summed E-state index contributed by atoms with van der Waals surface area (Å²) in [7, 11) is 0. The number of aliphatic hydroxyl groups excluding tert-OH is 1. The average molecular weight is 569 g/mol. The van der Waals surface area contributed by atoms with E-state index in [2.05, 4.69) is 20.9 Å². The van der Waals surface area contributed by atoms with Crippen LogP contribution in [0.5, 0.6) is 5.75 Å². The number of halogens is 1. The number of nitrogens with zero attached hydrogens (tertiary/aromatic N) is 2. The number of benzene rings is 3. The van der Waals surface area contributed by atoms with Gasteiger partial charge in [-0.1, -0.05) is 64.5 Å². The first-order valence-electron chi connectivity index (χ1n) is 12.1. The average Bonchev–Trinajstić information content (AvgIpc) is 3.18. The Morgan fingerprint density at radius 3 is 2.47 bits per heavy atom. The molecule has 0 aliphatic carbocycles. The molecule has 1 saturated heterocycles. The molecule has 3 aromatic carbocycles. The van der Waals surface area contributed by atoms with Crippen molar-refractivity contribution in [3.63, 3.8) is 0 Å². The predicted molar refractivity (Wildman–Crippen MR) is 148 cm³/mol. The number of aromatic nitrogens is 1. The lowest BCUT2D eigenvalue weighted by Gasteiger charge is -2.25. The summed E-state index contributed by atoms with van der Waals surface area (Å²) in [5.41, 5.74) is 3.78. The van der Waals surface area contributed by atoms with Crippen molar-refractivity contribution in [2.24, 2.45) is 0 Å². The highest BCUT2D eigenvalue weighted by Crippen LogP contribution is 2.41. The van der Waals surface area contributed by atoms with Gasteiger partial charge in [-0.25, -0.2) is 0 Å². The van der Waals surface area contributed by atoms with Gasteiger partial charge < -0.3 is 14.7 Å². The van der Waals surface area contributed by atoms with E-state index < -0.39 is 17.7 Å². The summed E-state index contributed by atoms with van der Waals surface area (Å²) in [6.07, 6.45) is 3.31. The summed E-state index contributed by atoms with van der Waals surface area (Å²) in [6, 6.07) is 25.4. The maximum atomic E-state index is 13.4. The van der Waals surface area contributed by atoms with Gasteiger partial charge in [0.25, 0.3) is 11.7 Å². The predicted octanol–water partition coefficient (Wildman–Crippen LogP) is 6.35. The van der Waals surface area contributed by atoms with E-state index in [-0.39, 0.29) is 17.9 Å². The number of pyridine rings is 1. The van der Waals surface area contributed by atoms with Gasteiger partial charge >= 0.3 is 0 Å². The van der Waals surface area contributed by atoms with Crippen LogP contribution in [-0.4, -0.2) is 26.7 Å². The van der Waals surface area contributed by atoms with Crippen molar-refractivity contribution in [1.29, 1.82) is 0 Å². The Morgan fingerprint density at radius 2 is 1.76 bits per heavy atom. The number of aryl methyl sites for hydroxylation is 1. The third-order valence-electron chi connectivity index (χ3n) is 6.48. The Hall–Kier alpha value is -4.23. The van der Waals surface area contributed by atoms with Gasteiger partial charge in [0, 0.05) is 29.0 Å². The fourth-order valence-corrected chi connectivity index (χ4v) is 5.05. The fourth-order valence-electron chi connectivity index (χ4n) is 4.63. The lowest BCUT2D eigenvalue weighted by molar-refractivity contribution is -0.140. The third-order valence-corrected chi connectivity index (χ3v) is 6.97. The molecule has 0 saturated carbocycles. The molecule has 1 N–H and O–H groups in total. The van der Waals surface area contributed by atoms with Crippen LogP contribution in [0.15, 0.2) is 107 Å². The number of carbonyl (C=O) groups excluding carboxylic acids is 2. The normalized spacial score (nSPS) is 16.6. The number of rotatable bonds is 7. The van der Waals surface area contributed by atoms with Crippen molar-refractivity contribution in [3.05, 3.63) is 135 Å². The molecule has 1 aromatic heterocycles. The third kappa shape index (κ3) is 5.24. The number of Topliss-reactive ketones (excluding diaryl/α,β-unsaturated/α-hetero) is 1. The van der Waals surface area contributed by atoms with Crippen LogP contribution in [0.3, 0.4) is 0 Å². The lowest BCUT2D eigenvalue weighted by atomic mass is 9.94. The molecule has 1 atom stereocenters. The summed E-state index contributed by atoms with van der Waals surface area (Å²) in [5, 5.41) is 11.5. The topological polar surface area (TPSA) is 79.7 Å². The molecule has 1 aliphatic rings. The standard InChI is InChI=1S/C31H25BrN2O4/c1-20-15-25(38-19-21-7-3-2-4-8-21)12-13-26(20)29(35)27-28(23-10-5-11-24(32)16-23)34(31(37)30(27)36)18-22-9-6-14-33-17-22/h2-17,28,35H,18-19H2,1H3/t28-/m0/s1. The fraction of sp³-hybridized carbons (Fsp3) is 0.129. The zero-order valence-electron chi connectivity index (χ0n) is 20.7. The molecule has 0 bridgehead atoms. The van der Waals surface area contributed by atoms with E-state index in [1.807, 2.05) is 73.7 Å². The Balaban J connectivity index is 1.52. The maximum absolute atomic E-state index is 13.4. The van der Waals surface area contributed by atoms with Crippen LogP contribution in [0.1, 0.15) is 33.9 Å². The van der Waals surface area contributed by atoms with Crippen LogP contribution in [0.4, 0.5) is 0 Å². The Morgan fingerprint density at radius 1 is 0.974 bits per heavy atom. The molecular formula is C31H25BrN2O4. The molecule has 1 fully saturated rings. The van der Waals surface area contributed by atoms with Crippen molar-refractivity contribution in [2.45, 2.75) is 26.1 Å². The number of ether oxygens (including phenoxy) is 1. The molecule has 190 valence electrons. The lowest BCUT2D eigenvalue weighted by Crippen LogP contribution is -2.29. The molecule has 5 rings (SSSR count). The van der Waals surface area contributed by atoms with E-state index in [1.165, 1.54) is 4.90 Å². The zero-order chi connectivity index (χ0) is 26.6. The van der Waals surface area contributed by atoms with E-state index in [0.717, 1.165) is 21.2 Å². The molecule has 0 radical (unpaired) electrons. The van der Waals surface area contributed by atoms with Crippen LogP contribution in [0.2, 0.25) is 0 Å². The minimum absolute atomic E-state index is 0.0537. The largest absolute Gasteiger partial charge is 0.507 e. The Bertz CT molecular complexity index is 1520. The molecule has 4 aromatic rings. The SMILES string of the molecule is Cc1cc(OCc2ccccc2)ccc1C(O)=C1C(=O)C(=O)N(Cc2cccnc2)[C@H]1c1cccc(Br)c1. The molecule has 0 unspecified atom stereocenters. The summed E-state index contributed by atoms with van der Waals surface area (Å²) < 4.78 is 6.72. The zero-order valence-corrected chi connectivity index (χ0v) is 22.3. The van der Waals surface area contributed by atoms with Gasteiger partial charge in [0.1, 0.15) is 18.1 Å². The second-order valence-corrected chi connectivity index (χ2v) is 10.0. The summed E-state index contributed by atoms with van der Waals surface area (Å²) >= 11 is 3.49. The quantitative estimate of drug-likeness (QED) is 0.159. The molecule has 0 spiro atoms. The highest BCUT2D eigenvalue weighted by Gasteiger charge is 2.46. The number of aliphatic hydroxyl groups is 1. The van der Waals surface area contributed by atoms with Crippen LogP contribution in [-0.2, 0) is 22.7 Å².